The summed E-state index contributed by atoms with van der Waals surface area (Å²) in [5.41, 5.74) is 0. The molecule has 1 aromatic rings. The molecule has 2 fully saturated rings. The first-order valence-electron chi connectivity index (χ1n) is 7.30. The molecule has 3 atom stereocenters. The summed E-state index contributed by atoms with van der Waals surface area (Å²) in [4.78, 5) is 15.8. The van der Waals surface area contributed by atoms with Crippen molar-refractivity contribution in [1.82, 2.24) is 10.2 Å². The second kappa shape index (κ2) is 5.25. The summed E-state index contributed by atoms with van der Waals surface area (Å²) in [6, 6.07) is 4.19. The molecule has 1 saturated heterocycles. The lowest BCUT2D eigenvalue weighted by molar-refractivity contribution is -0.130. The van der Waals surface area contributed by atoms with Crippen LogP contribution in [0.5, 0.6) is 0 Å². The predicted molar refractivity (Wildman–Crippen MR) is 77.9 cm³/mol. The number of amides is 1. The smallest absolute Gasteiger partial charge is 0.241 e. The molecule has 1 N–H and O–H groups in total. The molecule has 104 valence electrons. The fraction of sp³-hybridized carbons (Fsp3) is 0.667. The van der Waals surface area contributed by atoms with E-state index in [9.17, 15) is 4.79 Å². The van der Waals surface area contributed by atoms with Crippen molar-refractivity contribution in [3.8, 4) is 0 Å². The molecule has 0 aromatic carbocycles. The Morgan fingerprint density at radius 2 is 2.32 bits per heavy atom. The molecule has 2 heterocycles. The van der Waals surface area contributed by atoms with Gasteiger partial charge in [0.15, 0.2) is 0 Å². The zero-order valence-electron chi connectivity index (χ0n) is 11.6. The molecule has 2 aliphatic rings. The summed E-state index contributed by atoms with van der Waals surface area (Å²) in [6.07, 6.45) is 3.66. The van der Waals surface area contributed by atoms with E-state index in [-0.39, 0.29) is 18.1 Å². The predicted octanol–water partition coefficient (Wildman–Crippen LogP) is 3.00. The zero-order valence-corrected chi connectivity index (χ0v) is 12.5. The van der Waals surface area contributed by atoms with Crippen LogP contribution in [-0.2, 0) is 4.79 Å². The lowest BCUT2D eigenvalue weighted by Gasteiger charge is -2.26. The van der Waals surface area contributed by atoms with Crippen LogP contribution in [0.3, 0.4) is 0 Å². The Kier molecular flexibility index (Phi) is 3.63. The first-order chi connectivity index (χ1) is 9.20. The van der Waals surface area contributed by atoms with Crippen molar-refractivity contribution < 1.29 is 4.79 Å². The maximum absolute atomic E-state index is 12.5. The third kappa shape index (κ3) is 2.56. The maximum Gasteiger partial charge on any atom is 0.241 e. The highest BCUT2D eigenvalue weighted by Crippen LogP contribution is 2.39. The van der Waals surface area contributed by atoms with Crippen molar-refractivity contribution in [3.63, 3.8) is 0 Å². The first kappa shape index (κ1) is 13.1. The van der Waals surface area contributed by atoms with Crippen LogP contribution in [0.2, 0.25) is 0 Å². The number of carbonyl (C=O) groups excluding carboxylic acids is 1. The largest absolute Gasteiger partial charge is 0.320 e. The highest BCUT2D eigenvalue weighted by molar-refractivity contribution is 7.10. The third-order valence-electron chi connectivity index (χ3n) is 4.38. The van der Waals surface area contributed by atoms with Crippen molar-refractivity contribution in [1.29, 1.82) is 0 Å². The van der Waals surface area contributed by atoms with Gasteiger partial charge in [0.2, 0.25) is 5.91 Å². The quantitative estimate of drug-likeness (QED) is 0.898. The molecular formula is C15H22N2OS. The maximum atomic E-state index is 12.5. The SMILES string of the molecule is CCC1NC(c2cccs2)N(CC(C)C2CC2)C1=O. The van der Waals surface area contributed by atoms with Crippen LogP contribution in [0, 0.1) is 11.8 Å². The Hall–Kier alpha value is -0.870. The minimum Gasteiger partial charge on any atom is -0.320 e. The van der Waals surface area contributed by atoms with Gasteiger partial charge in [0.25, 0.3) is 0 Å². The zero-order chi connectivity index (χ0) is 13.4. The molecule has 1 amide bonds. The normalized spacial score (nSPS) is 28.9. The van der Waals surface area contributed by atoms with Gasteiger partial charge < -0.3 is 4.90 Å². The third-order valence-corrected chi connectivity index (χ3v) is 5.31. The Bertz CT molecular complexity index is 441. The van der Waals surface area contributed by atoms with E-state index in [2.05, 4.69) is 41.6 Å². The van der Waals surface area contributed by atoms with Crippen molar-refractivity contribution >= 4 is 17.2 Å². The number of nitrogens with one attached hydrogen (secondary N) is 1. The fourth-order valence-electron chi connectivity index (χ4n) is 2.97. The van der Waals surface area contributed by atoms with Gasteiger partial charge in [0.1, 0.15) is 6.17 Å². The molecule has 1 aliphatic heterocycles. The van der Waals surface area contributed by atoms with Gasteiger partial charge >= 0.3 is 0 Å². The molecule has 1 aromatic heterocycles. The average Bonchev–Trinajstić information content (AvgIpc) is 3.04. The number of thiophene rings is 1. The van der Waals surface area contributed by atoms with Gasteiger partial charge in [-0.2, -0.15) is 0 Å². The lowest BCUT2D eigenvalue weighted by Crippen LogP contribution is -2.34. The molecule has 3 rings (SSSR count). The van der Waals surface area contributed by atoms with Crippen LogP contribution < -0.4 is 5.32 Å². The van der Waals surface area contributed by atoms with E-state index in [1.54, 1.807) is 11.3 Å². The summed E-state index contributed by atoms with van der Waals surface area (Å²) in [7, 11) is 0. The number of rotatable bonds is 5. The van der Waals surface area contributed by atoms with Crippen LogP contribution in [0.25, 0.3) is 0 Å². The van der Waals surface area contributed by atoms with Gasteiger partial charge in [-0.1, -0.05) is 19.9 Å². The van der Waals surface area contributed by atoms with Crippen LogP contribution in [-0.4, -0.2) is 23.4 Å². The minimum atomic E-state index is -0.00139. The Labute approximate surface area is 119 Å². The van der Waals surface area contributed by atoms with E-state index in [0.29, 0.717) is 5.92 Å². The average molecular weight is 278 g/mol. The number of hydrogen-bond acceptors (Lipinski definition) is 3. The summed E-state index contributed by atoms with van der Waals surface area (Å²) in [5, 5.41) is 5.58. The fourth-order valence-corrected chi connectivity index (χ4v) is 3.77. The highest BCUT2D eigenvalue weighted by atomic mass is 32.1. The number of carbonyl (C=O) groups is 1. The molecule has 0 bridgehead atoms. The molecule has 1 saturated carbocycles. The Morgan fingerprint density at radius 3 is 2.89 bits per heavy atom. The van der Waals surface area contributed by atoms with Crippen LogP contribution in [0.4, 0.5) is 0 Å². The summed E-state index contributed by atoms with van der Waals surface area (Å²) < 4.78 is 0. The molecule has 0 spiro atoms. The number of hydrogen-bond donors (Lipinski definition) is 1. The van der Waals surface area contributed by atoms with Gasteiger partial charge in [-0.3, -0.25) is 10.1 Å². The molecular weight excluding hydrogens is 256 g/mol. The first-order valence-corrected chi connectivity index (χ1v) is 8.18. The Morgan fingerprint density at radius 1 is 1.53 bits per heavy atom. The van der Waals surface area contributed by atoms with Crippen molar-refractivity contribution in [2.24, 2.45) is 11.8 Å². The van der Waals surface area contributed by atoms with Crippen LogP contribution in [0.1, 0.15) is 44.2 Å². The van der Waals surface area contributed by atoms with E-state index < -0.39 is 0 Å². The summed E-state index contributed by atoms with van der Waals surface area (Å²) in [5.74, 6) is 1.76. The summed E-state index contributed by atoms with van der Waals surface area (Å²) >= 11 is 1.73. The van der Waals surface area contributed by atoms with Crippen LogP contribution in [0.15, 0.2) is 17.5 Å². The second-order valence-corrected chi connectivity index (χ2v) is 6.83. The number of nitrogens with zero attached hydrogens (tertiary/aromatic N) is 1. The van der Waals surface area contributed by atoms with Gasteiger partial charge in [0, 0.05) is 11.4 Å². The van der Waals surface area contributed by atoms with Gasteiger partial charge in [-0.15, -0.1) is 11.3 Å². The monoisotopic (exact) mass is 278 g/mol. The standard InChI is InChI=1S/C15H22N2OS/c1-3-12-15(18)17(9-10(2)11-6-7-11)14(16-12)13-5-4-8-19-13/h4-5,8,10-12,14,16H,3,6-7,9H2,1-2H3. The Balaban J connectivity index is 1.77. The van der Waals surface area contributed by atoms with E-state index in [1.165, 1.54) is 17.7 Å². The van der Waals surface area contributed by atoms with E-state index in [1.807, 2.05) is 0 Å². The van der Waals surface area contributed by atoms with Crippen molar-refractivity contribution in [2.45, 2.75) is 45.3 Å². The molecule has 19 heavy (non-hydrogen) atoms. The van der Waals surface area contributed by atoms with Gasteiger partial charge in [-0.05, 0) is 42.5 Å². The van der Waals surface area contributed by atoms with E-state index >= 15 is 0 Å². The lowest BCUT2D eigenvalue weighted by atomic mass is 10.1. The van der Waals surface area contributed by atoms with Gasteiger partial charge in [0.05, 0.1) is 6.04 Å². The topological polar surface area (TPSA) is 32.3 Å². The molecule has 4 heteroatoms. The molecule has 3 unspecified atom stereocenters. The van der Waals surface area contributed by atoms with Crippen molar-refractivity contribution in [2.75, 3.05) is 6.54 Å². The second-order valence-electron chi connectivity index (χ2n) is 5.85. The van der Waals surface area contributed by atoms with Gasteiger partial charge in [-0.25, -0.2) is 0 Å². The van der Waals surface area contributed by atoms with E-state index in [4.69, 9.17) is 0 Å². The van der Waals surface area contributed by atoms with Crippen LogP contribution >= 0.6 is 11.3 Å². The van der Waals surface area contributed by atoms with Crippen molar-refractivity contribution in [3.05, 3.63) is 22.4 Å². The molecule has 0 radical (unpaired) electrons. The van der Waals surface area contributed by atoms with E-state index in [0.717, 1.165) is 18.9 Å². The highest BCUT2D eigenvalue weighted by Gasteiger charge is 2.41. The molecule has 3 nitrogen and oxygen atoms in total. The summed E-state index contributed by atoms with van der Waals surface area (Å²) in [6.45, 7) is 5.26. The minimum absolute atomic E-state index is 0.00139. The molecule has 1 aliphatic carbocycles.